The van der Waals surface area contributed by atoms with Gasteiger partial charge in [-0.1, -0.05) is 19.4 Å². The highest BCUT2D eigenvalue weighted by Crippen LogP contribution is 2.31. The van der Waals surface area contributed by atoms with Crippen molar-refractivity contribution in [3.05, 3.63) is 12.7 Å². The minimum Gasteiger partial charge on any atom is -0.463 e. The van der Waals surface area contributed by atoms with Crippen molar-refractivity contribution in [3.8, 4) is 0 Å². The normalized spacial score (nSPS) is 26.8. The summed E-state index contributed by atoms with van der Waals surface area (Å²) >= 11 is 0. The topological polar surface area (TPSA) is 124 Å². The van der Waals surface area contributed by atoms with Gasteiger partial charge in [0, 0.05) is 27.7 Å². The van der Waals surface area contributed by atoms with Crippen LogP contribution in [0.3, 0.4) is 0 Å². The van der Waals surface area contributed by atoms with Gasteiger partial charge < -0.3 is 28.4 Å². The summed E-state index contributed by atoms with van der Waals surface area (Å²) in [5.74, 6) is -2.65. The number of hydrogen-bond acceptors (Lipinski definition) is 10. The molecule has 0 N–H and O–H groups in total. The zero-order chi connectivity index (χ0) is 22.8. The Morgan fingerprint density at radius 3 is 1.90 bits per heavy atom. The molecule has 0 radical (unpaired) electrons. The van der Waals surface area contributed by atoms with Crippen LogP contribution in [0.4, 0.5) is 0 Å². The van der Waals surface area contributed by atoms with Gasteiger partial charge in [0.2, 0.25) is 0 Å². The molecule has 1 aliphatic rings. The first-order valence-corrected chi connectivity index (χ1v) is 9.67. The lowest BCUT2D eigenvalue weighted by Crippen LogP contribution is -2.63. The molecule has 0 aromatic rings. The summed E-state index contributed by atoms with van der Waals surface area (Å²) in [5.41, 5.74) is 0. The molecule has 30 heavy (non-hydrogen) atoms. The van der Waals surface area contributed by atoms with Crippen molar-refractivity contribution in [2.24, 2.45) is 0 Å². The van der Waals surface area contributed by atoms with Gasteiger partial charge in [-0.2, -0.15) is 0 Å². The maximum Gasteiger partial charge on any atom is 0.303 e. The van der Waals surface area contributed by atoms with Gasteiger partial charge >= 0.3 is 23.9 Å². The number of carbonyl (C=O) groups excluding carboxylic acids is 4. The van der Waals surface area contributed by atoms with Crippen molar-refractivity contribution < 1.29 is 47.6 Å². The highest BCUT2D eigenvalue weighted by molar-refractivity contribution is 5.68. The molecule has 0 aromatic carbocycles. The molecule has 0 saturated carbocycles. The summed E-state index contributed by atoms with van der Waals surface area (Å²) in [6, 6.07) is 0. The standard InChI is InChI=1S/C20H30O10/c1-7-9-15(8-2)29-20-19(28-14(6)24)18(27-13(5)23)17(26-12(4)22)16(30-20)10-25-11(3)21/h8,15-20H,2,7,9-10H2,1,3-6H3/t15-,16+,17+,18-,19+,20+/m0/s1. The minimum atomic E-state index is -1.25. The van der Waals surface area contributed by atoms with Crippen molar-refractivity contribution in [1.82, 2.24) is 0 Å². The summed E-state index contributed by atoms with van der Waals surface area (Å²) in [5, 5.41) is 0. The molecule has 6 atom stereocenters. The van der Waals surface area contributed by atoms with E-state index in [0.717, 1.165) is 20.3 Å². The largest absolute Gasteiger partial charge is 0.463 e. The molecule has 0 unspecified atom stereocenters. The van der Waals surface area contributed by atoms with E-state index in [4.69, 9.17) is 28.4 Å². The van der Waals surface area contributed by atoms with E-state index in [2.05, 4.69) is 6.58 Å². The van der Waals surface area contributed by atoms with Gasteiger partial charge in [0.15, 0.2) is 24.6 Å². The predicted octanol–water partition coefficient (Wildman–Crippen LogP) is 1.44. The van der Waals surface area contributed by atoms with E-state index in [9.17, 15) is 19.2 Å². The van der Waals surface area contributed by atoms with Crippen LogP contribution in [0.5, 0.6) is 0 Å². The van der Waals surface area contributed by atoms with Crippen molar-refractivity contribution in [2.75, 3.05) is 6.61 Å². The second-order valence-corrected chi connectivity index (χ2v) is 6.77. The third-order valence-electron chi connectivity index (χ3n) is 4.09. The zero-order valence-corrected chi connectivity index (χ0v) is 18.0. The maximum atomic E-state index is 11.7. The number of ether oxygens (including phenoxy) is 6. The molecule has 10 heteroatoms. The first-order valence-electron chi connectivity index (χ1n) is 9.67. The SMILES string of the molecule is C=C[C@@H](CCC)O[C@@H]1O[C@H](COC(C)=O)[C@@H](OC(C)=O)[C@H](OC(C)=O)[C@H]1OC(C)=O. The Bertz CT molecular complexity index is 631. The highest BCUT2D eigenvalue weighted by atomic mass is 16.7. The molecule has 0 aromatic heterocycles. The smallest absolute Gasteiger partial charge is 0.303 e. The number of carbonyl (C=O) groups is 4. The average Bonchev–Trinajstić information content (AvgIpc) is 2.63. The Hall–Kier alpha value is -2.46. The first-order chi connectivity index (χ1) is 14.1. The Morgan fingerprint density at radius 2 is 1.43 bits per heavy atom. The summed E-state index contributed by atoms with van der Waals surface area (Å²) in [4.78, 5) is 46.4. The number of esters is 4. The van der Waals surface area contributed by atoms with Crippen LogP contribution < -0.4 is 0 Å². The Balaban J connectivity index is 3.33. The van der Waals surface area contributed by atoms with Crippen LogP contribution in [0.25, 0.3) is 0 Å². The van der Waals surface area contributed by atoms with Crippen molar-refractivity contribution >= 4 is 23.9 Å². The van der Waals surface area contributed by atoms with E-state index < -0.39 is 60.7 Å². The van der Waals surface area contributed by atoms with Crippen LogP contribution in [-0.2, 0) is 47.6 Å². The van der Waals surface area contributed by atoms with Crippen LogP contribution in [0.1, 0.15) is 47.5 Å². The van der Waals surface area contributed by atoms with Crippen LogP contribution in [0.2, 0.25) is 0 Å². The third kappa shape index (κ3) is 8.11. The van der Waals surface area contributed by atoms with Crippen LogP contribution in [-0.4, -0.2) is 67.3 Å². The zero-order valence-electron chi connectivity index (χ0n) is 18.0. The van der Waals surface area contributed by atoms with E-state index in [-0.39, 0.29) is 6.61 Å². The second kappa shape index (κ2) is 12.3. The lowest BCUT2D eigenvalue weighted by Gasteiger charge is -2.44. The Kier molecular flexibility index (Phi) is 10.5. The van der Waals surface area contributed by atoms with Crippen molar-refractivity contribution in [1.29, 1.82) is 0 Å². The predicted molar refractivity (Wildman–Crippen MR) is 102 cm³/mol. The van der Waals surface area contributed by atoms with E-state index >= 15 is 0 Å². The van der Waals surface area contributed by atoms with E-state index in [1.54, 1.807) is 6.08 Å². The summed E-state index contributed by atoms with van der Waals surface area (Å²) in [7, 11) is 0. The van der Waals surface area contributed by atoms with E-state index in [1.807, 2.05) is 6.92 Å². The Labute approximate surface area is 175 Å². The van der Waals surface area contributed by atoms with Gasteiger partial charge in [0.1, 0.15) is 12.7 Å². The van der Waals surface area contributed by atoms with Gasteiger partial charge in [0.05, 0.1) is 6.10 Å². The third-order valence-corrected chi connectivity index (χ3v) is 4.09. The summed E-state index contributed by atoms with van der Waals surface area (Å²) in [6.07, 6.45) is -3.41. The molecule has 1 fully saturated rings. The van der Waals surface area contributed by atoms with Gasteiger partial charge in [-0.05, 0) is 6.42 Å². The summed E-state index contributed by atoms with van der Waals surface area (Å²) in [6.45, 7) is 10.1. The lowest BCUT2D eigenvalue weighted by molar-refractivity contribution is -0.314. The molecule has 170 valence electrons. The molecular weight excluding hydrogens is 400 g/mol. The first kappa shape index (κ1) is 25.6. The molecule has 0 amide bonds. The molecule has 1 rings (SSSR count). The quantitative estimate of drug-likeness (QED) is 0.286. The van der Waals surface area contributed by atoms with Gasteiger partial charge in [0.25, 0.3) is 0 Å². The van der Waals surface area contributed by atoms with E-state index in [0.29, 0.717) is 6.42 Å². The Morgan fingerprint density at radius 1 is 0.900 bits per heavy atom. The number of hydrogen-bond donors (Lipinski definition) is 0. The fourth-order valence-electron chi connectivity index (χ4n) is 3.00. The fourth-order valence-corrected chi connectivity index (χ4v) is 3.00. The molecule has 0 aliphatic carbocycles. The molecule has 1 aliphatic heterocycles. The van der Waals surface area contributed by atoms with Crippen molar-refractivity contribution in [3.63, 3.8) is 0 Å². The lowest BCUT2D eigenvalue weighted by atomic mass is 9.98. The van der Waals surface area contributed by atoms with Gasteiger partial charge in [-0.3, -0.25) is 19.2 Å². The van der Waals surface area contributed by atoms with Crippen LogP contribution in [0.15, 0.2) is 12.7 Å². The fraction of sp³-hybridized carbons (Fsp3) is 0.700. The monoisotopic (exact) mass is 430 g/mol. The molecule has 10 nitrogen and oxygen atoms in total. The summed E-state index contributed by atoms with van der Waals surface area (Å²) < 4.78 is 32.7. The van der Waals surface area contributed by atoms with Gasteiger partial charge in [-0.15, -0.1) is 6.58 Å². The molecule has 1 heterocycles. The van der Waals surface area contributed by atoms with Crippen LogP contribution >= 0.6 is 0 Å². The molecule has 1 saturated heterocycles. The molecule has 0 bridgehead atoms. The minimum absolute atomic E-state index is 0.301. The molecule has 0 spiro atoms. The maximum absolute atomic E-state index is 11.7. The van der Waals surface area contributed by atoms with Crippen LogP contribution in [0, 0.1) is 0 Å². The van der Waals surface area contributed by atoms with E-state index in [1.165, 1.54) is 13.8 Å². The average molecular weight is 430 g/mol. The number of rotatable bonds is 10. The van der Waals surface area contributed by atoms with Gasteiger partial charge in [-0.25, -0.2) is 0 Å². The molecular formula is C20H30O10. The highest BCUT2D eigenvalue weighted by Gasteiger charge is 2.53. The van der Waals surface area contributed by atoms with Crippen molar-refractivity contribution in [2.45, 2.75) is 84.3 Å². The second-order valence-electron chi connectivity index (χ2n) is 6.77.